The number of aromatic nitrogens is 1. The molecule has 2 aromatic heterocycles. The molecule has 3 N–H and O–H groups in total. The maximum Gasteiger partial charge on any atom is 0.284 e. The van der Waals surface area contributed by atoms with Gasteiger partial charge in [-0.15, -0.1) is 0 Å². The Bertz CT molecular complexity index is 739. The van der Waals surface area contributed by atoms with E-state index in [-0.39, 0.29) is 11.7 Å². The van der Waals surface area contributed by atoms with E-state index in [1.165, 1.54) is 0 Å². The highest BCUT2D eigenvalue weighted by Gasteiger charge is 2.52. The first kappa shape index (κ1) is 11.2. The van der Waals surface area contributed by atoms with Crippen molar-refractivity contribution in [2.75, 3.05) is 5.32 Å². The molecule has 1 unspecified atom stereocenters. The van der Waals surface area contributed by atoms with Crippen molar-refractivity contribution in [1.29, 1.82) is 0 Å². The lowest BCUT2D eigenvalue weighted by molar-refractivity contribution is -0.120. The summed E-state index contributed by atoms with van der Waals surface area (Å²) in [6.07, 6.45) is 2.58. The van der Waals surface area contributed by atoms with Crippen LogP contribution >= 0.6 is 0 Å². The molecule has 4 rings (SSSR count). The molecule has 0 fully saturated rings. The molecule has 0 aromatic carbocycles. The second kappa shape index (κ2) is 3.47. The third-order valence-corrected chi connectivity index (χ3v) is 4.08. The smallest absolute Gasteiger partial charge is 0.284 e. The highest BCUT2D eigenvalue weighted by molar-refractivity contribution is 6.06. The van der Waals surface area contributed by atoms with Gasteiger partial charge in [-0.25, -0.2) is 4.98 Å². The Hall–Kier alpha value is -2.63. The molecule has 3 heterocycles. The van der Waals surface area contributed by atoms with Gasteiger partial charge in [-0.3, -0.25) is 9.59 Å². The average Bonchev–Trinajstić information content (AvgIpc) is 3.02. The van der Waals surface area contributed by atoms with Crippen molar-refractivity contribution in [3.63, 3.8) is 0 Å². The zero-order chi connectivity index (χ0) is 13.9. The first-order chi connectivity index (χ1) is 9.60. The molecule has 1 aliphatic heterocycles. The molecule has 2 amide bonds. The van der Waals surface area contributed by atoms with Crippen molar-refractivity contribution in [2.45, 2.75) is 18.3 Å². The molecule has 6 nitrogen and oxygen atoms in total. The second-order valence-corrected chi connectivity index (χ2v) is 5.21. The van der Waals surface area contributed by atoms with E-state index in [4.69, 9.17) is 10.2 Å². The number of nitrogens with two attached hydrogens (primary N) is 1. The Morgan fingerprint density at radius 3 is 3.05 bits per heavy atom. The first-order valence-electron chi connectivity index (χ1n) is 6.28. The van der Waals surface area contributed by atoms with Crippen molar-refractivity contribution in [3.8, 4) is 0 Å². The fraction of sp³-hybridized carbons (Fsp3) is 0.214. The van der Waals surface area contributed by atoms with Crippen LogP contribution in [0.2, 0.25) is 0 Å². The van der Waals surface area contributed by atoms with Crippen LogP contribution in [0.4, 0.5) is 5.82 Å². The van der Waals surface area contributed by atoms with Crippen LogP contribution < -0.4 is 11.1 Å². The summed E-state index contributed by atoms with van der Waals surface area (Å²) in [7, 11) is 0. The van der Waals surface area contributed by atoms with E-state index in [1.807, 2.05) is 12.1 Å². The lowest BCUT2D eigenvalue weighted by atomic mass is 9.80. The number of furan rings is 1. The zero-order valence-electron chi connectivity index (χ0n) is 10.5. The number of hydrogen-bond donors (Lipinski definition) is 2. The van der Waals surface area contributed by atoms with Crippen LogP contribution in [0, 0.1) is 0 Å². The van der Waals surface area contributed by atoms with Gasteiger partial charge >= 0.3 is 0 Å². The van der Waals surface area contributed by atoms with Crippen molar-refractivity contribution in [2.24, 2.45) is 5.73 Å². The summed E-state index contributed by atoms with van der Waals surface area (Å²) < 4.78 is 5.46. The highest BCUT2D eigenvalue weighted by Crippen LogP contribution is 2.47. The third-order valence-electron chi connectivity index (χ3n) is 4.08. The van der Waals surface area contributed by atoms with Gasteiger partial charge < -0.3 is 15.5 Å². The molecule has 1 aliphatic carbocycles. The number of primary amides is 1. The summed E-state index contributed by atoms with van der Waals surface area (Å²) >= 11 is 0. The molecule has 20 heavy (non-hydrogen) atoms. The van der Waals surface area contributed by atoms with Crippen LogP contribution in [0.15, 0.2) is 28.8 Å². The minimum atomic E-state index is -0.659. The SMILES string of the molecule is NC(=O)c1cc2c(o1)CC1(C2)C(=O)Nc2ncccc21. The van der Waals surface area contributed by atoms with E-state index in [0.717, 1.165) is 11.1 Å². The van der Waals surface area contributed by atoms with Crippen LogP contribution in [0.5, 0.6) is 0 Å². The minimum absolute atomic E-state index is 0.0711. The van der Waals surface area contributed by atoms with Crippen LogP contribution in [-0.2, 0) is 23.1 Å². The van der Waals surface area contributed by atoms with E-state index in [9.17, 15) is 9.59 Å². The maximum atomic E-state index is 12.4. The summed E-state index contributed by atoms with van der Waals surface area (Å²) in [5.74, 6) is 0.753. The third kappa shape index (κ3) is 1.25. The van der Waals surface area contributed by atoms with Crippen molar-refractivity contribution >= 4 is 17.6 Å². The monoisotopic (exact) mass is 269 g/mol. The molecule has 2 aromatic rings. The van der Waals surface area contributed by atoms with Gasteiger partial charge in [0.05, 0.1) is 5.41 Å². The molecule has 100 valence electrons. The van der Waals surface area contributed by atoms with Crippen LogP contribution in [-0.4, -0.2) is 16.8 Å². The molecule has 0 bridgehead atoms. The lowest BCUT2D eigenvalue weighted by Gasteiger charge is -2.19. The summed E-state index contributed by atoms with van der Waals surface area (Å²) in [5, 5.41) is 2.81. The van der Waals surface area contributed by atoms with Gasteiger partial charge in [-0.05, 0) is 24.1 Å². The van der Waals surface area contributed by atoms with Crippen molar-refractivity contribution < 1.29 is 14.0 Å². The van der Waals surface area contributed by atoms with Gasteiger partial charge in [-0.1, -0.05) is 6.07 Å². The molecule has 0 saturated heterocycles. The molecule has 0 radical (unpaired) electrons. The molecule has 0 saturated carbocycles. The van der Waals surface area contributed by atoms with Crippen LogP contribution in [0.3, 0.4) is 0 Å². The van der Waals surface area contributed by atoms with Gasteiger partial charge in [0.15, 0.2) is 5.76 Å². The van der Waals surface area contributed by atoms with Crippen molar-refractivity contribution in [3.05, 3.63) is 47.0 Å². The van der Waals surface area contributed by atoms with Crippen LogP contribution in [0.25, 0.3) is 0 Å². The average molecular weight is 269 g/mol. The Balaban J connectivity index is 1.80. The largest absolute Gasteiger partial charge is 0.456 e. The Kier molecular flexibility index (Phi) is 1.95. The number of anilines is 1. The first-order valence-corrected chi connectivity index (χ1v) is 6.28. The van der Waals surface area contributed by atoms with E-state index >= 15 is 0 Å². The van der Waals surface area contributed by atoms with E-state index in [1.54, 1.807) is 12.3 Å². The Morgan fingerprint density at radius 1 is 1.45 bits per heavy atom. The highest BCUT2D eigenvalue weighted by atomic mass is 16.4. The van der Waals surface area contributed by atoms with E-state index in [2.05, 4.69) is 10.3 Å². The van der Waals surface area contributed by atoms with Gasteiger partial charge in [0.25, 0.3) is 5.91 Å². The molecule has 1 spiro atoms. The topological polar surface area (TPSA) is 98.2 Å². The standard InChI is InChI=1S/C14H11N3O3/c15-11(18)9-4-7-5-14(6-10(7)20-9)8-2-1-3-16-12(8)17-13(14)19/h1-4H,5-6H2,(H2,15,18)(H,16,17,19). The number of rotatable bonds is 1. The predicted molar refractivity (Wildman–Crippen MR) is 69.2 cm³/mol. The number of nitrogens with one attached hydrogen (secondary N) is 1. The summed E-state index contributed by atoms with van der Waals surface area (Å²) in [6, 6.07) is 5.35. The van der Waals surface area contributed by atoms with Gasteiger partial charge in [0.1, 0.15) is 11.6 Å². The van der Waals surface area contributed by atoms with Gasteiger partial charge in [0, 0.05) is 18.2 Å². The number of fused-ring (bicyclic) bond motifs is 3. The number of carbonyl (C=O) groups is 2. The summed E-state index contributed by atoms with van der Waals surface area (Å²) in [4.78, 5) is 27.7. The number of nitrogens with zero attached hydrogens (tertiary/aromatic N) is 1. The van der Waals surface area contributed by atoms with Crippen molar-refractivity contribution in [1.82, 2.24) is 4.98 Å². The van der Waals surface area contributed by atoms with Gasteiger partial charge in [0.2, 0.25) is 5.91 Å². The van der Waals surface area contributed by atoms with Crippen LogP contribution in [0.1, 0.15) is 27.4 Å². The predicted octanol–water partition coefficient (Wildman–Crippen LogP) is 0.762. The van der Waals surface area contributed by atoms with Gasteiger partial charge in [-0.2, -0.15) is 0 Å². The number of hydrogen-bond acceptors (Lipinski definition) is 4. The number of amides is 2. The Labute approximate surface area is 114 Å². The quantitative estimate of drug-likeness (QED) is 0.798. The van der Waals surface area contributed by atoms with E-state index in [0.29, 0.717) is 24.4 Å². The molecule has 1 atom stereocenters. The number of pyridine rings is 1. The minimum Gasteiger partial charge on any atom is -0.456 e. The Morgan fingerprint density at radius 2 is 2.30 bits per heavy atom. The number of carbonyl (C=O) groups excluding carboxylic acids is 2. The zero-order valence-corrected chi connectivity index (χ0v) is 10.5. The maximum absolute atomic E-state index is 12.4. The second-order valence-electron chi connectivity index (χ2n) is 5.21. The summed E-state index contributed by atoms with van der Waals surface area (Å²) in [6.45, 7) is 0. The molecular weight excluding hydrogens is 258 g/mol. The summed E-state index contributed by atoms with van der Waals surface area (Å²) in [5.41, 5.74) is 6.30. The molecule has 2 aliphatic rings. The molecule has 6 heteroatoms. The van der Waals surface area contributed by atoms with E-state index < -0.39 is 11.3 Å². The molecular formula is C14H11N3O3. The normalized spacial score (nSPS) is 22.7. The lowest BCUT2D eigenvalue weighted by Crippen LogP contribution is -2.35. The fourth-order valence-corrected chi connectivity index (χ4v) is 3.14. The fourth-order valence-electron chi connectivity index (χ4n) is 3.14.